The number of imidazole rings is 1. The van der Waals surface area contributed by atoms with Gasteiger partial charge >= 0.3 is 0 Å². The highest BCUT2D eigenvalue weighted by molar-refractivity contribution is 5.94. The molecule has 9 nitrogen and oxygen atoms in total. The lowest BCUT2D eigenvalue weighted by Gasteiger charge is -2.23. The lowest BCUT2D eigenvalue weighted by molar-refractivity contribution is -0.0336. The largest absolute Gasteiger partial charge is 0.354 e. The summed E-state index contributed by atoms with van der Waals surface area (Å²) in [6.07, 6.45) is 3.38. The van der Waals surface area contributed by atoms with Gasteiger partial charge in [0, 0.05) is 13.0 Å². The van der Waals surface area contributed by atoms with Crippen LogP contribution in [-0.4, -0.2) is 57.6 Å². The van der Waals surface area contributed by atoms with Crippen molar-refractivity contribution < 1.29 is 18.4 Å². The minimum atomic E-state index is -0.378. The van der Waals surface area contributed by atoms with Gasteiger partial charge in [0.15, 0.2) is 23.5 Å². The van der Waals surface area contributed by atoms with E-state index in [0.717, 1.165) is 12.8 Å². The first-order valence-electron chi connectivity index (χ1n) is 9.92. The first-order chi connectivity index (χ1) is 14.7. The van der Waals surface area contributed by atoms with E-state index < -0.39 is 0 Å². The normalized spacial score (nSPS) is 17.4. The third-order valence-electron chi connectivity index (χ3n) is 5.49. The van der Waals surface area contributed by atoms with Crippen LogP contribution in [0.4, 0.5) is 10.2 Å². The Bertz CT molecular complexity index is 1240. The molecule has 2 fully saturated rings. The van der Waals surface area contributed by atoms with E-state index in [9.17, 15) is 4.39 Å². The standard InChI is InChI=1S/C20H19FN6O3/c1-26(9-14-28-7-8-29-14)18-15-12(21)3-2-4-13(15)27-10-22-16(19(27)24-18)20-23-17(25-30-20)11-5-6-11/h2-4,10-11,14H,5-9H2,1H3. The zero-order valence-corrected chi connectivity index (χ0v) is 16.3. The summed E-state index contributed by atoms with van der Waals surface area (Å²) in [5.74, 6) is 1.50. The number of hydrogen-bond donors (Lipinski definition) is 0. The van der Waals surface area contributed by atoms with Crippen LogP contribution < -0.4 is 4.90 Å². The second-order valence-electron chi connectivity index (χ2n) is 7.64. The molecule has 154 valence electrons. The Kier molecular flexibility index (Phi) is 3.96. The number of rotatable bonds is 5. The molecule has 0 radical (unpaired) electrons. The summed E-state index contributed by atoms with van der Waals surface area (Å²) in [5.41, 5.74) is 1.65. The van der Waals surface area contributed by atoms with Crippen LogP contribution in [0.1, 0.15) is 24.6 Å². The van der Waals surface area contributed by atoms with Crippen molar-refractivity contribution in [2.45, 2.75) is 25.0 Å². The van der Waals surface area contributed by atoms with E-state index in [1.807, 2.05) is 18.0 Å². The average Bonchev–Trinajstić information content (AvgIpc) is 3.13. The molecule has 0 bridgehead atoms. The summed E-state index contributed by atoms with van der Waals surface area (Å²) in [7, 11) is 1.84. The SMILES string of the molecule is CN(CC1OCCO1)c1nc2c(-c3nc(C4CC4)no3)ncn2c2cccc(F)c12. The molecule has 2 aliphatic rings. The van der Waals surface area contributed by atoms with E-state index >= 15 is 0 Å². The van der Waals surface area contributed by atoms with Crippen LogP contribution in [0.5, 0.6) is 0 Å². The van der Waals surface area contributed by atoms with Crippen molar-refractivity contribution in [3.63, 3.8) is 0 Å². The lowest BCUT2D eigenvalue weighted by atomic mass is 10.2. The van der Waals surface area contributed by atoms with Crippen molar-refractivity contribution in [3.8, 4) is 11.6 Å². The van der Waals surface area contributed by atoms with Crippen LogP contribution in [0.25, 0.3) is 28.1 Å². The van der Waals surface area contributed by atoms with Crippen molar-refractivity contribution >= 4 is 22.4 Å². The molecule has 1 saturated heterocycles. The maximum absolute atomic E-state index is 14.9. The Labute approximate surface area is 170 Å². The van der Waals surface area contributed by atoms with Gasteiger partial charge < -0.3 is 18.9 Å². The van der Waals surface area contributed by atoms with Crippen molar-refractivity contribution in [1.29, 1.82) is 0 Å². The number of halogens is 1. The van der Waals surface area contributed by atoms with E-state index in [1.54, 1.807) is 16.8 Å². The van der Waals surface area contributed by atoms with Crippen molar-refractivity contribution in [2.24, 2.45) is 0 Å². The lowest BCUT2D eigenvalue weighted by Crippen LogP contribution is -2.30. The zero-order chi connectivity index (χ0) is 20.2. The minimum absolute atomic E-state index is 0.318. The maximum atomic E-state index is 14.9. The molecule has 0 spiro atoms. The first kappa shape index (κ1) is 17.7. The van der Waals surface area contributed by atoms with Crippen molar-refractivity contribution in [2.75, 3.05) is 31.7 Å². The molecule has 30 heavy (non-hydrogen) atoms. The summed E-state index contributed by atoms with van der Waals surface area (Å²) in [6, 6.07) is 4.93. The maximum Gasteiger partial charge on any atom is 0.280 e. The minimum Gasteiger partial charge on any atom is -0.354 e. The average molecular weight is 410 g/mol. The number of likely N-dealkylation sites (N-methyl/N-ethyl adjacent to an activating group) is 1. The predicted molar refractivity (Wildman–Crippen MR) is 105 cm³/mol. The molecule has 0 atom stereocenters. The fraction of sp³-hybridized carbons (Fsp3) is 0.400. The van der Waals surface area contributed by atoms with Crippen molar-refractivity contribution in [1.82, 2.24) is 24.5 Å². The van der Waals surface area contributed by atoms with Gasteiger partial charge in [-0.25, -0.2) is 14.4 Å². The number of nitrogens with zero attached hydrogens (tertiary/aromatic N) is 6. The molecule has 6 rings (SSSR count). The fourth-order valence-electron chi connectivity index (χ4n) is 3.80. The van der Waals surface area contributed by atoms with Gasteiger partial charge in [0.05, 0.1) is 30.7 Å². The van der Waals surface area contributed by atoms with Crippen LogP contribution in [0.2, 0.25) is 0 Å². The topological polar surface area (TPSA) is 90.8 Å². The molecule has 1 aromatic carbocycles. The van der Waals surface area contributed by atoms with Crippen molar-refractivity contribution in [3.05, 3.63) is 36.2 Å². The molecular formula is C20H19FN6O3. The molecule has 1 aliphatic carbocycles. The summed E-state index contributed by atoms with van der Waals surface area (Å²) >= 11 is 0. The van der Waals surface area contributed by atoms with E-state index in [1.165, 1.54) is 6.07 Å². The fourth-order valence-corrected chi connectivity index (χ4v) is 3.80. The second kappa shape index (κ2) is 6.71. The van der Waals surface area contributed by atoms with Crippen LogP contribution >= 0.6 is 0 Å². The van der Waals surface area contributed by atoms with Crippen LogP contribution in [0.15, 0.2) is 29.0 Å². The van der Waals surface area contributed by atoms with Gasteiger partial charge in [-0.3, -0.25) is 4.40 Å². The van der Waals surface area contributed by atoms with Gasteiger partial charge in [-0.2, -0.15) is 4.98 Å². The van der Waals surface area contributed by atoms with E-state index in [4.69, 9.17) is 19.0 Å². The number of fused-ring (bicyclic) bond motifs is 3. The monoisotopic (exact) mass is 410 g/mol. The van der Waals surface area contributed by atoms with Gasteiger partial charge in [0.2, 0.25) is 0 Å². The van der Waals surface area contributed by atoms with Gasteiger partial charge in [-0.15, -0.1) is 0 Å². The Balaban J connectivity index is 1.51. The number of aromatic nitrogens is 5. The third kappa shape index (κ3) is 2.83. The Morgan fingerprint density at radius 3 is 2.83 bits per heavy atom. The van der Waals surface area contributed by atoms with Gasteiger partial charge in [0.1, 0.15) is 18.0 Å². The highest BCUT2D eigenvalue weighted by atomic mass is 19.1. The Morgan fingerprint density at radius 2 is 2.03 bits per heavy atom. The Hall–Kier alpha value is -3.11. The van der Waals surface area contributed by atoms with E-state index in [2.05, 4.69) is 15.1 Å². The smallest absolute Gasteiger partial charge is 0.280 e. The van der Waals surface area contributed by atoms with Crippen LogP contribution in [-0.2, 0) is 9.47 Å². The highest BCUT2D eigenvalue weighted by Gasteiger charge is 2.30. The van der Waals surface area contributed by atoms with Gasteiger partial charge in [-0.05, 0) is 25.0 Å². The van der Waals surface area contributed by atoms with Gasteiger partial charge in [0.25, 0.3) is 5.89 Å². The summed E-state index contributed by atoms with van der Waals surface area (Å²) < 4.78 is 33.2. The molecule has 3 aromatic heterocycles. The third-order valence-corrected chi connectivity index (χ3v) is 5.49. The molecule has 10 heteroatoms. The molecule has 4 heterocycles. The summed E-state index contributed by atoms with van der Waals surface area (Å²) in [5, 5.41) is 4.48. The molecule has 0 unspecified atom stereocenters. The number of hydrogen-bond acceptors (Lipinski definition) is 8. The number of anilines is 1. The molecule has 1 aliphatic heterocycles. The van der Waals surface area contributed by atoms with E-state index in [-0.39, 0.29) is 12.1 Å². The second-order valence-corrected chi connectivity index (χ2v) is 7.64. The number of ether oxygens (including phenoxy) is 2. The molecule has 0 N–H and O–H groups in total. The molecule has 1 saturated carbocycles. The van der Waals surface area contributed by atoms with Crippen LogP contribution in [0.3, 0.4) is 0 Å². The highest BCUT2D eigenvalue weighted by Crippen LogP contribution is 2.39. The molecule has 4 aromatic rings. The summed E-state index contributed by atoms with van der Waals surface area (Å²) in [6.45, 7) is 1.52. The zero-order valence-electron chi connectivity index (χ0n) is 16.3. The first-order valence-corrected chi connectivity index (χ1v) is 9.92. The van der Waals surface area contributed by atoms with E-state index in [0.29, 0.717) is 65.5 Å². The molecular weight excluding hydrogens is 391 g/mol. The predicted octanol–water partition coefficient (Wildman–Crippen LogP) is 2.76. The summed E-state index contributed by atoms with van der Waals surface area (Å²) in [4.78, 5) is 15.5. The van der Waals surface area contributed by atoms with Crippen LogP contribution in [0, 0.1) is 5.82 Å². The number of benzene rings is 1. The quantitative estimate of drug-likeness (QED) is 0.496. The Morgan fingerprint density at radius 1 is 1.20 bits per heavy atom. The molecule has 0 amide bonds. The van der Waals surface area contributed by atoms with Gasteiger partial charge in [-0.1, -0.05) is 11.2 Å².